The lowest BCUT2D eigenvalue weighted by molar-refractivity contribution is -0.156. The second kappa shape index (κ2) is 12.5. The van der Waals surface area contributed by atoms with Crippen LogP contribution in [0.15, 0.2) is 78.5 Å². The van der Waals surface area contributed by atoms with Crippen molar-refractivity contribution in [2.24, 2.45) is 0 Å². The smallest absolute Gasteiger partial charge is 0.357 e. The van der Waals surface area contributed by atoms with Crippen molar-refractivity contribution in [1.29, 1.82) is 0 Å². The Balaban J connectivity index is 2.40. The van der Waals surface area contributed by atoms with E-state index in [1.807, 2.05) is 6.07 Å². The molecule has 2 aromatic rings. The average molecular weight is 485 g/mol. The Morgan fingerprint density at radius 3 is 2.37 bits per heavy atom. The molecule has 9 heteroatoms. The lowest BCUT2D eigenvalue weighted by Crippen LogP contribution is -2.40. The Kier molecular flexibility index (Phi) is 9.72. The Bertz CT molecular complexity index is 1060. The third-order valence-corrected chi connectivity index (χ3v) is 4.65. The zero-order chi connectivity index (χ0) is 26.0. The predicted octanol–water partition coefficient (Wildman–Crippen LogP) is 3.71. The molecule has 0 aliphatic heterocycles. The minimum atomic E-state index is -0.948. The minimum Gasteiger partial charge on any atom is -0.508 e. The number of phenolic OH excluding ortho intramolecular Hbond substituents is 1. The van der Waals surface area contributed by atoms with Gasteiger partial charge in [-0.2, -0.15) is 0 Å². The van der Waals surface area contributed by atoms with E-state index in [4.69, 9.17) is 18.9 Å². The van der Waals surface area contributed by atoms with Crippen molar-refractivity contribution >= 4 is 17.6 Å². The molecule has 2 N–H and O–H groups in total. The van der Waals surface area contributed by atoms with Crippen LogP contribution in [0, 0.1) is 0 Å². The first kappa shape index (κ1) is 27.3. The number of para-hydroxylation sites is 1. The molecule has 0 fully saturated rings. The number of rotatable bonds is 12. The fourth-order valence-corrected chi connectivity index (χ4v) is 3.18. The third-order valence-electron chi connectivity index (χ3n) is 4.65. The lowest BCUT2D eigenvalue weighted by Gasteiger charge is -2.31. The summed E-state index contributed by atoms with van der Waals surface area (Å²) in [5.41, 5.74) is -0.190. The molecule has 0 aliphatic carbocycles. The van der Waals surface area contributed by atoms with E-state index in [1.165, 1.54) is 31.3 Å². The van der Waals surface area contributed by atoms with E-state index >= 15 is 0 Å². The van der Waals surface area contributed by atoms with E-state index in [1.54, 1.807) is 57.2 Å². The van der Waals surface area contributed by atoms with Gasteiger partial charge in [-0.25, -0.2) is 4.79 Å². The highest BCUT2D eigenvalue weighted by Gasteiger charge is 2.32. The van der Waals surface area contributed by atoms with Gasteiger partial charge in [-0.05, 0) is 51.6 Å². The van der Waals surface area contributed by atoms with Crippen LogP contribution in [0.4, 0.5) is 5.69 Å². The number of nitrogens with one attached hydrogen (secondary N) is 1. The highest BCUT2D eigenvalue weighted by molar-refractivity contribution is 5.96. The molecule has 0 aromatic heterocycles. The topological polar surface area (TPSA) is 107 Å². The largest absolute Gasteiger partial charge is 0.508 e. The molecule has 0 saturated heterocycles. The van der Waals surface area contributed by atoms with Gasteiger partial charge in [-0.15, -0.1) is 0 Å². The molecule has 2 rings (SSSR count). The van der Waals surface area contributed by atoms with Gasteiger partial charge in [0.25, 0.3) is 5.91 Å². The van der Waals surface area contributed by atoms with Gasteiger partial charge in [0, 0.05) is 24.6 Å². The molecule has 0 bridgehead atoms. The van der Waals surface area contributed by atoms with E-state index in [9.17, 15) is 14.7 Å². The number of anilines is 1. The molecule has 0 aliphatic rings. The first-order chi connectivity index (χ1) is 16.6. The van der Waals surface area contributed by atoms with Crippen LogP contribution in [0.1, 0.15) is 20.8 Å². The molecule has 0 radical (unpaired) electrons. The fourth-order valence-electron chi connectivity index (χ4n) is 3.18. The summed E-state index contributed by atoms with van der Waals surface area (Å²) in [6.07, 6.45) is 0. The van der Waals surface area contributed by atoms with Crippen molar-refractivity contribution < 1.29 is 33.6 Å². The maximum absolute atomic E-state index is 13.4. The van der Waals surface area contributed by atoms with E-state index in [0.29, 0.717) is 11.4 Å². The van der Waals surface area contributed by atoms with Crippen molar-refractivity contribution in [3.05, 3.63) is 78.5 Å². The number of esters is 1. The van der Waals surface area contributed by atoms with Crippen LogP contribution in [0.3, 0.4) is 0 Å². The van der Waals surface area contributed by atoms with Gasteiger partial charge in [0.15, 0.2) is 18.2 Å². The monoisotopic (exact) mass is 484 g/mol. The average Bonchev–Trinajstić information content (AvgIpc) is 2.80. The SMILES string of the molecule is C=C(OC)N(/C(C(=O)OC(C)(C)COC)=C(\C)NC(=O)COc1cccc(O)c1)c1ccccc1. The second-order valence-electron chi connectivity index (χ2n) is 8.16. The van der Waals surface area contributed by atoms with E-state index in [0.717, 1.165) is 0 Å². The summed E-state index contributed by atoms with van der Waals surface area (Å²) >= 11 is 0. The Morgan fingerprint density at radius 2 is 1.77 bits per heavy atom. The zero-order valence-electron chi connectivity index (χ0n) is 20.7. The van der Waals surface area contributed by atoms with Gasteiger partial charge in [0.2, 0.25) is 0 Å². The Morgan fingerprint density at radius 1 is 1.09 bits per heavy atom. The van der Waals surface area contributed by atoms with Crippen molar-refractivity contribution in [3.63, 3.8) is 0 Å². The van der Waals surface area contributed by atoms with Crippen LogP contribution in [-0.4, -0.2) is 50.0 Å². The number of hydrogen-bond donors (Lipinski definition) is 2. The number of allylic oxidation sites excluding steroid dienone is 1. The molecule has 35 heavy (non-hydrogen) atoms. The van der Waals surface area contributed by atoms with Gasteiger partial charge in [0.05, 0.1) is 13.7 Å². The highest BCUT2D eigenvalue weighted by Crippen LogP contribution is 2.27. The molecule has 0 spiro atoms. The van der Waals surface area contributed by atoms with Gasteiger partial charge >= 0.3 is 5.97 Å². The number of methoxy groups -OCH3 is 2. The van der Waals surface area contributed by atoms with Crippen LogP contribution in [-0.2, 0) is 23.8 Å². The molecule has 0 unspecified atom stereocenters. The Labute approximate surface area is 205 Å². The first-order valence-corrected chi connectivity index (χ1v) is 10.8. The van der Waals surface area contributed by atoms with Crippen molar-refractivity contribution in [2.75, 3.05) is 32.3 Å². The number of nitrogens with zero attached hydrogens (tertiary/aromatic N) is 1. The van der Waals surface area contributed by atoms with Gasteiger partial charge in [-0.3, -0.25) is 9.69 Å². The predicted molar refractivity (Wildman–Crippen MR) is 132 cm³/mol. The maximum atomic E-state index is 13.4. The summed E-state index contributed by atoms with van der Waals surface area (Å²) in [6.45, 7) is 8.69. The molecule has 188 valence electrons. The van der Waals surface area contributed by atoms with Crippen LogP contribution >= 0.6 is 0 Å². The summed E-state index contributed by atoms with van der Waals surface area (Å²) < 4.78 is 21.7. The number of phenols is 1. The standard InChI is InChI=1S/C26H32N2O7/c1-18(27-23(30)16-34-22-14-10-13-21(29)15-22)24(25(31)35-26(3,4)17-32-5)28(19(2)33-6)20-11-8-7-9-12-20/h7-15,29H,2,16-17H2,1,3-6H3,(H,27,30)/b24-18+. The van der Waals surface area contributed by atoms with E-state index in [2.05, 4.69) is 11.9 Å². The zero-order valence-corrected chi connectivity index (χ0v) is 20.7. The summed E-state index contributed by atoms with van der Waals surface area (Å²) in [4.78, 5) is 27.5. The number of amides is 1. The summed E-state index contributed by atoms with van der Waals surface area (Å²) in [5.74, 6) is -0.776. The van der Waals surface area contributed by atoms with Gasteiger partial charge in [-0.1, -0.05) is 24.3 Å². The number of hydrogen-bond acceptors (Lipinski definition) is 8. The summed E-state index contributed by atoms with van der Waals surface area (Å²) in [7, 11) is 2.93. The third kappa shape index (κ3) is 8.08. The summed E-state index contributed by atoms with van der Waals surface area (Å²) in [5, 5.41) is 12.2. The molecule has 9 nitrogen and oxygen atoms in total. The molecule has 0 saturated carbocycles. The van der Waals surface area contributed by atoms with Crippen LogP contribution in [0.25, 0.3) is 0 Å². The molecule has 2 aromatic carbocycles. The van der Waals surface area contributed by atoms with Crippen molar-refractivity contribution in [2.45, 2.75) is 26.4 Å². The van der Waals surface area contributed by atoms with Crippen molar-refractivity contribution in [1.82, 2.24) is 5.32 Å². The number of aromatic hydroxyl groups is 1. The molecule has 0 heterocycles. The quantitative estimate of drug-likeness (QED) is 0.267. The lowest BCUT2D eigenvalue weighted by atomic mass is 10.1. The summed E-state index contributed by atoms with van der Waals surface area (Å²) in [6, 6.07) is 15.0. The fraction of sp³-hybridized carbons (Fsp3) is 0.308. The molecule has 1 amide bonds. The Hall–Kier alpha value is -3.98. The second-order valence-corrected chi connectivity index (χ2v) is 8.16. The van der Waals surface area contributed by atoms with E-state index in [-0.39, 0.29) is 36.2 Å². The van der Waals surface area contributed by atoms with Crippen LogP contribution in [0.2, 0.25) is 0 Å². The minimum absolute atomic E-state index is 0.00191. The number of carbonyl (C=O) groups is 2. The van der Waals surface area contributed by atoms with Gasteiger partial charge in [0.1, 0.15) is 17.1 Å². The van der Waals surface area contributed by atoms with Gasteiger partial charge < -0.3 is 29.4 Å². The highest BCUT2D eigenvalue weighted by atomic mass is 16.6. The van der Waals surface area contributed by atoms with E-state index < -0.39 is 17.5 Å². The maximum Gasteiger partial charge on any atom is 0.357 e. The van der Waals surface area contributed by atoms with Crippen molar-refractivity contribution in [3.8, 4) is 11.5 Å². The normalized spacial score (nSPS) is 11.7. The van der Waals surface area contributed by atoms with Crippen LogP contribution < -0.4 is 15.0 Å². The number of carbonyl (C=O) groups excluding carboxylic acids is 2. The number of benzene rings is 2. The first-order valence-electron chi connectivity index (χ1n) is 10.8. The molecular formula is C26H32N2O7. The molecule has 0 atom stereocenters. The van der Waals surface area contributed by atoms with Crippen LogP contribution in [0.5, 0.6) is 11.5 Å². The number of ether oxygens (including phenoxy) is 4. The molecular weight excluding hydrogens is 452 g/mol.